The number of rotatable bonds is 5. The Hall–Kier alpha value is -2.41. The number of nitrogens with zero attached hydrogens (tertiary/aromatic N) is 1. The number of anilines is 3. The van der Waals surface area contributed by atoms with Crippen LogP contribution in [0.2, 0.25) is 0 Å². The third-order valence-corrected chi connectivity index (χ3v) is 4.76. The van der Waals surface area contributed by atoms with E-state index in [9.17, 15) is 17.1 Å². The van der Waals surface area contributed by atoms with Crippen molar-refractivity contribution in [2.75, 3.05) is 22.5 Å². The minimum atomic E-state index is -4.59. The molecule has 0 bridgehead atoms. The van der Waals surface area contributed by atoms with Crippen LogP contribution in [0.1, 0.15) is 6.42 Å². The average molecular weight is 348 g/mol. The number of amides is 1. The third kappa shape index (κ3) is 3.91. The molecule has 0 spiro atoms. The van der Waals surface area contributed by atoms with E-state index in [0.29, 0.717) is 5.69 Å². The van der Waals surface area contributed by atoms with Crippen molar-refractivity contribution < 1.29 is 17.1 Å². The van der Waals surface area contributed by atoms with Crippen LogP contribution in [0.5, 0.6) is 0 Å². The summed E-state index contributed by atoms with van der Waals surface area (Å²) in [6, 6.07) is 16.8. The summed E-state index contributed by atoms with van der Waals surface area (Å²) in [7, 11) is -4.59. The van der Waals surface area contributed by atoms with E-state index in [1.807, 2.05) is 42.5 Å². The number of carbonyl (C=O) groups is 1. The van der Waals surface area contributed by atoms with E-state index in [-0.39, 0.29) is 18.9 Å². The Balaban J connectivity index is 1.83. The third-order valence-electron chi connectivity index (χ3n) is 3.89. The van der Waals surface area contributed by atoms with Crippen molar-refractivity contribution in [3.8, 4) is 0 Å². The molecule has 1 aliphatic rings. The number of halogens is 1. The first-order chi connectivity index (χ1) is 11.4. The molecule has 0 saturated carbocycles. The molecule has 5 nitrogen and oxygen atoms in total. The highest BCUT2D eigenvalue weighted by molar-refractivity contribution is 7.86. The molecule has 1 saturated heterocycles. The fourth-order valence-electron chi connectivity index (χ4n) is 2.90. The largest absolute Gasteiger partial charge is 0.354 e. The predicted octanol–water partition coefficient (Wildman–Crippen LogP) is 3.08. The maximum Gasteiger partial charge on any atom is 0.302 e. The van der Waals surface area contributed by atoms with Crippen molar-refractivity contribution in [2.45, 2.75) is 6.42 Å². The van der Waals surface area contributed by atoms with Gasteiger partial charge in [-0.15, -0.1) is 3.89 Å². The van der Waals surface area contributed by atoms with Gasteiger partial charge >= 0.3 is 10.2 Å². The highest BCUT2D eigenvalue weighted by Crippen LogP contribution is 2.33. The molecule has 24 heavy (non-hydrogen) atoms. The van der Waals surface area contributed by atoms with Gasteiger partial charge in [-0.3, -0.25) is 4.79 Å². The lowest BCUT2D eigenvalue weighted by atomic mass is 10.1. The van der Waals surface area contributed by atoms with Gasteiger partial charge in [0.2, 0.25) is 5.91 Å². The van der Waals surface area contributed by atoms with Gasteiger partial charge in [0.25, 0.3) is 0 Å². The summed E-state index contributed by atoms with van der Waals surface area (Å²) < 4.78 is 34.6. The van der Waals surface area contributed by atoms with E-state index in [1.165, 1.54) is 4.90 Å². The fraction of sp³-hybridized carbons (Fsp3) is 0.235. The number of hydrogen-bond acceptors (Lipinski definition) is 4. The molecule has 3 rings (SSSR count). The molecule has 1 atom stereocenters. The molecule has 1 amide bonds. The smallest absolute Gasteiger partial charge is 0.302 e. The van der Waals surface area contributed by atoms with E-state index in [2.05, 4.69) is 5.32 Å². The molecular formula is C17H17FN2O3S. The van der Waals surface area contributed by atoms with Gasteiger partial charge in [-0.25, -0.2) is 0 Å². The summed E-state index contributed by atoms with van der Waals surface area (Å²) in [6.45, 7) is 0.190. The van der Waals surface area contributed by atoms with Gasteiger partial charge in [-0.05, 0) is 24.3 Å². The second-order valence-electron chi connectivity index (χ2n) is 5.79. The molecule has 1 N–H and O–H groups in total. The van der Waals surface area contributed by atoms with Gasteiger partial charge in [-0.2, -0.15) is 8.42 Å². The van der Waals surface area contributed by atoms with Crippen molar-refractivity contribution in [1.82, 2.24) is 0 Å². The van der Waals surface area contributed by atoms with Gasteiger partial charge in [0, 0.05) is 24.6 Å². The quantitative estimate of drug-likeness (QED) is 0.843. The first-order valence-electron chi connectivity index (χ1n) is 7.56. The van der Waals surface area contributed by atoms with Crippen LogP contribution in [0.4, 0.5) is 20.9 Å². The molecule has 2 aromatic carbocycles. The zero-order valence-corrected chi connectivity index (χ0v) is 13.7. The Morgan fingerprint density at radius 1 is 1.08 bits per heavy atom. The second kappa shape index (κ2) is 6.60. The van der Waals surface area contributed by atoms with Crippen LogP contribution in [-0.4, -0.2) is 26.6 Å². The summed E-state index contributed by atoms with van der Waals surface area (Å²) in [5.74, 6) is -1.35. The first-order valence-corrected chi connectivity index (χ1v) is 9.11. The molecule has 7 heteroatoms. The predicted molar refractivity (Wildman–Crippen MR) is 91.5 cm³/mol. The van der Waals surface area contributed by atoms with E-state index >= 15 is 0 Å². The fourth-order valence-corrected chi connectivity index (χ4v) is 3.69. The van der Waals surface area contributed by atoms with E-state index < -0.39 is 21.9 Å². The van der Waals surface area contributed by atoms with Crippen molar-refractivity contribution in [3.05, 3.63) is 54.6 Å². The summed E-state index contributed by atoms with van der Waals surface area (Å²) in [6.07, 6.45) is 0.0306. The van der Waals surface area contributed by atoms with Gasteiger partial charge in [0.1, 0.15) is 0 Å². The average Bonchev–Trinajstić information content (AvgIpc) is 2.87. The lowest BCUT2D eigenvalue weighted by Crippen LogP contribution is -2.26. The Labute approximate surface area is 140 Å². The molecule has 1 heterocycles. The van der Waals surface area contributed by atoms with Crippen molar-refractivity contribution in [3.63, 3.8) is 0 Å². The van der Waals surface area contributed by atoms with Gasteiger partial charge in [0.15, 0.2) is 0 Å². The Kier molecular flexibility index (Phi) is 4.53. The SMILES string of the molecule is O=C1CC(CS(=O)(=O)F)CN1c1ccccc1Nc1ccccc1. The minimum absolute atomic E-state index is 0.0306. The molecule has 0 aliphatic carbocycles. The molecule has 1 unspecified atom stereocenters. The summed E-state index contributed by atoms with van der Waals surface area (Å²) in [4.78, 5) is 13.8. The summed E-state index contributed by atoms with van der Waals surface area (Å²) >= 11 is 0. The standard InChI is InChI=1S/C17H17FN2O3S/c18-24(22,23)12-13-10-17(21)20(11-13)16-9-5-4-8-15(16)19-14-6-2-1-3-7-14/h1-9,13,19H,10-12H2. The van der Waals surface area contributed by atoms with Gasteiger partial charge in [0.05, 0.1) is 17.1 Å². The zero-order valence-electron chi connectivity index (χ0n) is 12.9. The molecule has 0 radical (unpaired) electrons. The number of benzene rings is 2. The summed E-state index contributed by atoms with van der Waals surface area (Å²) in [5, 5.41) is 3.25. The number of carbonyl (C=O) groups excluding carboxylic acids is 1. The van der Waals surface area contributed by atoms with Crippen molar-refractivity contribution in [1.29, 1.82) is 0 Å². The normalized spacial score (nSPS) is 18.0. The van der Waals surface area contributed by atoms with E-state index in [0.717, 1.165) is 11.4 Å². The van der Waals surface area contributed by atoms with Crippen molar-refractivity contribution in [2.24, 2.45) is 5.92 Å². The highest BCUT2D eigenvalue weighted by Gasteiger charge is 2.34. The monoisotopic (exact) mass is 348 g/mol. The van der Waals surface area contributed by atoms with Crippen LogP contribution in [0.15, 0.2) is 54.6 Å². The maximum absolute atomic E-state index is 12.9. The van der Waals surface area contributed by atoms with Gasteiger partial charge in [-0.1, -0.05) is 30.3 Å². The van der Waals surface area contributed by atoms with Crippen molar-refractivity contribution >= 4 is 33.2 Å². The van der Waals surface area contributed by atoms with E-state index in [1.54, 1.807) is 12.1 Å². The van der Waals surface area contributed by atoms with Crippen LogP contribution in [-0.2, 0) is 15.0 Å². The number of para-hydroxylation sites is 3. The second-order valence-corrected chi connectivity index (χ2v) is 7.20. The number of nitrogens with one attached hydrogen (secondary N) is 1. The molecule has 1 fully saturated rings. The maximum atomic E-state index is 12.9. The topological polar surface area (TPSA) is 66.5 Å². The zero-order chi connectivity index (χ0) is 17.2. The van der Waals surface area contributed by atoms with Crippen LogP contribution in [0.3, 0.4) is 0 Å². The highest BCUT2D eigenvalue weighted by atomic mass is 32.3. The Morgan fingerprint density at radius 3 is 2.46 bits per heavy atom. The van der Waals surface area contributed by atoms with E-state index in [4.69, 9.17) is 0 Å². The van der Waals surface area contributed by atoms with Crippen LogP contribution < -0.4 is 10.2 Å². The Bertz CT molecular complexity index is 840. The van der Waals surface area contributed by atoms with Crippen LogP contribution in [0.25, 0.3) is 0 Å². The molecule has 2 aromatic rings. The summed E-state index contributed by atoms with van der Waals surface area (Å²) in [5.41, 5.74) is 2.27. The molecule has 0 aromatic heterocycles. The lowest BCUT2D eigenvalue weighted by Gasteiger charge is -2.21. The van der Waals surface area contributed by atoms with Gasteiger partial charge < -0.3 is 10.2 Å². The molecular weight excluding hydrogens is 331 g/mol. The minimum Gasteiger partial charge on any atom is -0.354 e. The first kappa shape index (κ1) is 16.4. The molecule has 1 aliphatic heterocycles. The Morgan fingerprint density at radius 2 is 1.75 bits per heavy atom. The molecule has 126 valence electrons. The number of hydrogen-bond donors (Lipinski definition) is 1. The lowest BCUT2D eigenvalue weighted by molar-refractivity contribution is -0.117. The van der Waals surface area contributed by atoms with Crippen LogP contribution >= 0.6 is 0 Å². The van der Waals surface area contributed by atoms with Crippen LogP contribution in [0, 0.1) is 5.92 Å².